The van der Waals surface area contributed by atoms with Crippen LogP contribution in [0.25, 0.3) is 0 Å². The van der Waals surface area contributed by atoms with Crippen molar-refractivity contribution < 1.29 is 13.5 Å². The molecular formula is C13H11BrClNO3S. The molecule has 0 saturated carbocycles. The number of nitrogens with one attached hydrogen (secondary N) is 1. The Bertz CT molecular complexity index is 734. The van der Waals surface area contributed by atoms with E-state index in [1.54, 1.807) is 36.4 Å². The van der Waals surface area contributed by atoms with Gasteiger partial charge in [0.15, 0.2) is 0 Å². The quantitative estimate of drug-likeness (QED) is 0.859. The second kappa shape index (κ2) is 6.13. The van der Waals surface area contributed by atoms with E-state index in [9.17, 15) is 8.42 Å². The molecule has 0 fully saturated rings. The van der Waals surface area contributed by atoms with Gasteiger partial charge < -0.3 is 5.11 Å². The molecule has 7 heteroatoms. The molecule has 0 unspecified atom stereocenters. The Labute approximate surface area is 130 Å². The highest BCUT2D eigenvalue weighted by atomic mass is 79.9. The van der Waals surface area contributed by atoms with Crippen molar-refractivity contribution in [3.05, 3.63) is 57.5 Å². The zero-order valence-corrected chi connectivity index (χ0v) is 13.3. The van der Waals surface area contributed by atoms with Crippen LogP contribution in [0.1, 0.15) is 5.56 Å². The number of benzene rings is 2. The lowest BCUT2D eigenvalue weighted by Gasteiger charge is -2.11. The van der Waals surface area contributed by atoms with Crippen molar-refractivity contribution in [2.75, 3.05) is 4.72 Å². The molecule has 0 aliphatic rings. The van der Waals surface area contributed by atoms with Gasteiger partial charge in [0.1, 0.15) is 4.90 Å². The van der Waals surface area contributed by atoms with E-state index in [2.05, 4.69) is 20.7 Å². The highest BCUT2D eigenvalue weighted by molar-refractivity contribution is 9.10. The number of hydrogen-bond acceptors (Lipinski definition) is 3. The van der Waals surface area contributed by atoms with E-state index in [1.165, 1.54) is 6.07 Å². The van der Waals surface area contributed by atoms with Gasteiger partial charge in [-0.3, -0.25) is 4.72 Å². The zero-order valence-electron chi connectivity index (χ0n) is 10.2. The molecular weight excluding hydrogens is 366 g/mol. The average Bonchev–Trinajstić information content (AvgIpc) is 2.41. The molecule has 0 heterocycles. The molecule has 0 radical (unpaired) electrons. The summed E-state index contributed by atoms with van der Waals surface area (Å²) in [5, 5.41) is 9.41. The summed E-state index contributed by atoms with van der Waals surface area (Å²) >= 11 is 9.13. The van der Waals surface area contributed by atoms with Crippen LogP contribution in [0.5, 0.6) is 0 Å². The third kappa shape index (κ3) is 3.32. The minimum atomic E-state index is -3.79. The lowest BCUT2D eigenvalue weighted by Crippen LogP contribution is -2.14. The summed E-state index contributed by atoms with van der Waals surface area (Å²) < 4.78 is 27.6. The maximum atomic E-state index is 12.4. The third-order valence-corrected chi connectivity index (χ3v) is 5.27. The van der Waals surface area contributed by atoms with E-state index in [0.29, 0.717) is 20.7 Å². The summed E-state index contributed by atoms with van der Waals surface area (Å²) in [5.41, 5.74) is 0.809. The topological polar surface area (TPSA) is 66.4 Å². The van der Waals surface area contributed by atoms with Crippen molar-refractivity contribution in [3.63, 3.8) is 0 Å². The van der Waals surface area contributed by atoms with Crippen molar-refractivity contribution in [2.45, 2.75) is 11.5 Å². The van der Waals surface area contributed by atoms with E-state index < -0.39 is 10.0 Å². The minimum absolute atomic E-state index is 0.0453. The summed E-state index contributed by atoms with van der Waals surface area (Å²) in [6.07, 6.45) is 0. The van der Waals surface area contributed by atoms with Crippen molar-refractivity contribution in [2.24, 2.45) is 0 Å². The number of aliphatic hydroxyl groups is 1. The number of aliphatic hydroxyl groups excluding tert-OH is 1. The first kappa shape index (κ1) is 15.3. The number of halogens is 2. The molecule has 20 heavy (non-hydrogen) atoms. The van der Waals surface area contributed by atoms with Gasteiger partial charge in [-0.25, -0.2) is 8.42 Å². The van der Waals surface area contributed by atoms with E-state index in [1.807, 2.05) is 0 Å². The molecule has 0 aliphatic carbocycles. The van der Waals surface area contributed by atoms with Gasteiger partial charge in [-0.15, -0.1) is 0 Å². The molecule has 0 amide bonds. The van der Waals surface area contributed by atoms with Gasteiger partial charge in [-0.2, -0.15) is 0 Å². The first-order chi connectivity index (χ1) is 9.44. The number of hydrogen-bond donors (Lipinski definition) is 2. The fourth-order valence-corrected chi connectivity index (χ4v) is 3.93. The number of sulfonamides is 1. The van der Waals surface area contributed by atoms with Crippen LogP contribution in [-0.4, -0.2) is 13.5 Å². The van der Waals surface area contributed by atoms with Gasteiger partial charge in [0, 0.05) is 4.47 Å². The number of para-hydroxylation sites is 1. The first-order valence-corrected chi connectivity index (χ1v) is 8.26. The van der Waals surface area contributed by atoms with Crippen LogP contribution >= 0.6 is 27.5 Å². The molecule has 0 aliphatic heterocycles. The summed E-state index contributed by atoms with van der Waals surface area (Å²) in [6.45, 7) is -0.234. The molecule has 106 valence electrons. The van der Waals surface area contributed by atoms with E-state index >= 15 is 0 Å². The molecule has 2 aromatic carbocycles. The van der Waals surface area contributed by atoms with Gasteiger partial charge >= 0.3 is 0 Å². The van der Waals surface area contributed by atoms with Crippen molar-refractivity contribution in [1.82, 2.24) is 0 Å². The molecule has 2 aromatic rings. The Morgan fingerprint density at radius 3 is 2.55 bits per heavy atom. The normalized spacial score (nSPS) is 11.3. The molecule has 4 nitrogen and oxygen atoms in total. The summed E-state index contributed by atoms with van der Waals surface area (Å²) in [4.78, 5) is 0.0453. The molecule has 0 aromatic heterocycles. The molecule has 2 N–H and O–H groups in total. The Balaban J connectivity index is 2.43. The minimum Gasteiger partial charge on any atom is -0.392 e. The second-order valence-electron chi connectivity index (χ2n) is 4.01. The predicted molar refractivity (Wildman–Crippen MR) is 82.3 cm³/mol. The van der Waals surface area contributed by atoms with Crippen molar-refractivity contribution in [3.8, 4) is 0 Å². The molecule has 0 saturated heterocycles. The van der Waals surface area contributed by atoms with Crippen LogP contribution in [0.4, 0.5) is 5.69 Å². The summed E-state index contributed by atoms with van der Waals surface area (Å²) in [7, 11) is -3.79. The highest BCUT2D eigenvalue weighted by Gasteiger charge is 2.19. The van der Waals surface area contributed by atoms with E-state index in [-0.39, 0.29) is 11.5 Å². The average molecular weight is 377 g/mol. The van der Waals surface area contributed by atoms with Crippen LogP contribution < -0.4 is 4.72 Å². The largest absolute Gasteiger partial charge is 0.392 e. The maximum absolute atomic E-state index is 12.4. The Kier molecular flexibility index (Phi) is 4.70. The van der Waals surface area contributed by atoms with Crippen LogP contribution in [0.3, 0.4) is 0 Å². The number of rotatable bonds is 4. The summed E-state index contributed by atoms with van der Waals surface area (Å²) in [5.74, 6) is 0. The molecule has 0 bridgehead atoms. The van der Waals surface area contributed by atoms with Gasteiger partial charge in [0.05, 0.1) is 17.3 Å². The smallest absolute Gasteiger partial charge is 0.263 e. The maximum Gasteiger partial charge on any atom is 0.263 e. The monoisotopic (exact) mass is 375 g/mol. The fourth-order valence-electron chi connectivity index (χ4n) is 1.60. The van der Waals surface area contributed by atoms with Crippen LogP contribution in [0.15, 0.2) is 51.8 Å². The van der Waals surface area contributed by atoms with Gasteiger partial charge in [-0.1, -0.05) is 29.8 Å². The lowest BCUT2D eigenvalue weighted by atomic mass is 10.2. The van der Waals surface area contributed by atoms with E-state index in [4.69, 9.17) is 16.7 Å². The zero-order chi connectivity index (χ0) is 14.8. The third-order valence-electron chi connectivity index (χ3n) is 2.59. The van der Waals surface area contributed by atoms with Crippen LogP contribution in [0.2, 0.25) is 5.02 Å². The Morgan fingerprint density at radius 1 is 1.20 bits per heavy atom. The van der Waals surface area contributed by atoms with E-state index in [0.717, 1.165) is 0 Å². The SMILES string of the molecule is O=S(=O)(Nc1ccccc1Cl)c1cc(CO)ccc1Br. The van der Waals surface area contributed by atoms with Gasteiger partial charge in [-0.05, 0) is 45.8 Å². The second-order valence-corrected chi connectivity index (χ2v) is 6.92. The molecule has 0 spiro atoms. The first-order valence-electron chi connectivity index (χ1n) is 5.60. The van der Waals surface area contributed by atoms with Gasteiger partial charge in [0.25, 0.3) is 10.0 Å². The highest BCUT2D eigenvalue weighted by Crippen LogP contribution is 2.28. The van der Waals surface area contributed by atoms with Gasteiger partial charge in [0.2, 0.25) is 0 Å². The van der Waals surface area contributed by atoms with Crippen molar-refractivity contribution in [1.29, 1.82) is 0 Å². The Morgan fingerprint density at radius 2 is 1.90 bits per heavy atom. The van der Waals surface area contributed by atoms with Crippen LogP contribution in [0, 0.1) is 0 Å². The predicted octanol–water partition coefficient (Wildman–Crippen LogP) is 3.40. The van der Waals surface area contributed by atoms with Crippen molar-refractivity contribution >= 4 is 43.2 Å². The fraction of sp³-hybridized carbons (Fsp3) is 0.0769. The standard InChI is InChI=1S/C13H11BrClNO3S/c14-10-6-5-9(8-17)7-13(10)20(18,19)16-12-4-2-1-3-11(12)15/h1-7,16-17H,8H2. The number of anilines is 1. The van der Waals surface area contributed by atoms with Crippen LogP contribution in [-0.2, 0) is 16.6 Å². The summed E-state index contributed by atoms with van der Waals surface area (Å²) in [6, 6.07) is 11.2. The lowest BCUT2D eigenvalue weighted by molar-refractivity contribution is 0.281. The molecule has 2 rings (SSSR count). The Hall–Kier alpha value is -1.08. The molecule has 0 atom stereocenters.